The maximum atomic E-state index is 6.14. The summed E-state index contributed by atoms with van der Waals surface area (Å²) in [6, 6.07) is 9.90. The molecule has 1 aliphatic rings. The molecule has 0 bridgehead atoms. The molecule has 19 heavy (non-hydrogen) atoms. The van der Waals surface area contributed by atoms with Crippen LogP contribution in [0.15, 0.2) is 47.7 Å². The molecule has 1 aromatic heterocycles. The summed E-state index contributed by atoms with van der Waals surface area (Å²) in [5.41, 5.74) is 4.22. The maximum absolute atomic E-state index is 6.14. The lowest BCUT2D eigenvalue weighted by atomic mass is 10.0. The van der Waals surface area contributed by atoms with Crippen LogP contribution < -0.4 is 4.90 Å². The van der Waals surface area contributed by atoms with Crippen LogP contribution in [-0.4, -0.2) is 30.8 Å². The van der Waals surface area contributed by atoms with Crippen molar-refractivity contribution in [2.75, 3.05) is 25.0 Å². The van der Waals surface area contributed by atoms with Gasteiger partial charge >= 0.3 is 0 Å². The molecule has 1 aromatic carbocycles. The van der Waals surface area contributed by atoms with Crippen LogP contribution in [0.5, 0.6) is 0 Å². The second-order valence-electron chi connectivity index (χ2n) is 4.56. The minimum absolute atomic E-state index is 0.727. The summed E-state index contributed by atoms with van der Waals surface area (Å²) in [6.45, 7) is 1.67. The first-order valence-corrected chi connectivity index (χ1v) is 6.59. The average molecular weight is 272 g/mol. The van der Waals surface area contributed by atoms with Crippen LogP contribution in [0.3, 0.4) is 0 Å². The number of rotatable bonds is 1. The van der Waals surface area contributed by atoms with E-state index >= 15 is 0 Å². The number of hydrogen-bond acceptors (Lipinski definition) is 3. The monoisotopic (exact) mass is 271 g/mol. The first-order chi connectivity index (χ1) is 9.25. The Bertz CT molecular complexity index is 623. The van der Waals surface area contributed by atoms with Crippen LogP contribution in [0.25, 0.3) is 0 Å². The molecular formula is C15H14ClN3. The molecule has 3 rings (SSSR count). The number of halogens is 1. The first-order valence-electron chi connectivity index (χ1n) is 6.21. The molecule has 0 unspecified atom stereocenters. The Morgan fingerprint density at radius 1 is 1.26 bits per heavy atom. The lowest BCUT2D eigenvalue weighted by molar-refractivity contribution is 0.896. The largest absolute Gasteiger partial charge is 0.372 e. The van der Waals surface area contributed by atoms with Gasteiger partial charge in [-0.1, -0.05) is 11.6 Å². The Hall–Kier alpha value is -1.87. The molecule has 0 aliphatic carbocycles. The van der Waals surface area contributed by atoms with Crippen LogP contribution in [0.4, 0.5) is 5.69 Å². The van der Waals surface area contributed by atoms with E-state index in [4.69, 9.17) is 16.6 Å². The van der Waals surface area contributed by atoms with E-state index < -0.39 is 0 Å². The summed E-state index contributed by atoms with van der Waals surface area (Å²) in [6.07, 6.45) is 3.61. The molecule has 1 aliphatic heterocycles. The van der Waals surface area contributed by atoms with Crippen LogP contribution in [0.1, 0.15) is 11.1 Å². The standard InChI is InChI=1S/C15H14ClN3/c1-19-8-7-18-15(11-3-2-6-17-10-11)13-9-12(16)4-5-14(13)19/h2-6,9-10H,7-8H2,1H3. The average Bonchev–Trinajstić information content (AvgIpc) is 2.59. The van der Waals surface area contributed by atoms with Gasteiger partial charge in [-0.15, -0.1) is 0 Å². The lowest BCUT2D eigenvalue weighted by Gasteiger charge is -2.19. The van der Waals surface area contributed by atoms with Gasteiger partial charge in [-0.05, 0) is 30.3 Å². The molecule has 4 heteroatoms. The van der Waals surface area contributed by atoms with E-state index in [1.165, 1.54) is 0 Å². The highest BCUT2D eigenvalue weighted by atomic mass is 35.5. The highest BCUT2D eigenvalue weighted by molar-refractivity contribution is 6.31. The number of anilines is 1. The SMILES string of the molecule is CN1CCN=C(c2cccnc2)c2cc(Cl)ccc21. The second kappa shape index (κ2) is 5.02. The van der Waals surface area contributed by atoms with E-state index in [0.717, 1.165) is 40.6 Å². The fourth-order valence-corrected chi connectivity index (χ4v) is 2.47. The molecule has 2 heterocycles. The molecule has 0 amide bonds. The zero-order valence-electron chi connectivity index (χ0n) is 10.7. The number of likely N-dealkylation sites (N-methyl/N-ethyl adjacent to an activating group) is 1. The van der Waals surface area contributed by atoms with E-state index in [1.807, 2.05) is 30.5 Å². The number of hydrogen-bond donors (Lipinski definition) is 0. The lowest BCUT2D eigenvalue weighted by Crippen LogP contribution is -2.20. The van der Waals surface area contributed by atoms with Gasteiger partial charge in [-0.25, -0.2) is 0 Å². The van der Waals surface area contributed by atoms with Crippen molar-refractivity contribution >= 4 is 23.0 Å². The van der Waals surface area contributed by atoms with Gasteiger partial charge in [0.05, 0.1) is 12.3 Å². The van der Waals surface area contributed by atoms with E-state index in [1.54, 1.807) is 6.20 Å². The molecular weight excluding hydrogens is 258 g/mol. The molecule has 2 aromatic rings. The first kappa shape index (κ1) is 12.2. The van der Waals surface area contributed by atoms with Crippen molar-refractivity contribution in [2.45, 2.75) is 0 Å². The highest BCUT2D eigenvalue weighted by Gasteiger charge is 2.17. The topological polar surface area (TPSA) is 28.5 Å². The Kier molecular flexibility index (Phi) is 3.22. The third-order valence-electron chi connectivity index (χ3n) is 3.27. The molecule has 0 spiro atoms. The quantitative estimate of drug-likeness (QED) is 0.798. The van der Waals surface area contributed by atoms with Crippen LogP contribution >= 0.6 is 11.6 Å². The molecule has 0 radical (unpaired) electrons. The normalized spacial score (nSPS) is 14.6. The van der Waals surface area contributed by atoms with Crippen LogP contribution in [0, 0.1) is 0 Å². The van der Waals surface area contributed by atoms with Gasteiger partial charge in [0.15, 0.2) is 0 Å². The van der Waals surface area contributed by atoms with Crippen LogP contribution in [0.2, 0.25) is 5.02 Å². The molecule has 3 nitrogen and oxygen atoms in total. The van der Waals surface area contributed by atoms with Crippen molar-refractivity contribution in [3.05, 3.63) is 58.9 Å². The van der Waals surface area contributed by atoms with Gasteiger partial charge in [0.1, 0.15) is 0 Å². The smallest absolute Gasteiger partial charge is 0.0756 e. The molecule has 96 valence electrons. The second-order valence-corrected chi connectivity index (χ2v) is 4.99. The Balaban J connectivity index is 2.18. The predicted octanol–water partition coefficient (Wildman–Crippen LogP) is 3.02. The molecule has 0 N–H and O–H groups in total. The van der Waals surface area contributed by atoms with Gasteiger partial charge in [0.2, 0.25) is 0 Å². The van der Waals surface area contributed by atoms with Crippen molar-refractivity contribution in [3.8, 4) is 0 Å². The van der Waals surface area contributed by atoms with Gasteiger partial charge in [-0.3, -0.25) is 9.98 Å². The van der Waals surface area contributed by atoms with Gasteiger partial charge < -0.3 is 4.90 Å². The van der Waals surface area contributed by atoms with E-state index in [2.05, 4.69) is 23.0 Å². The molecule has 0 atom stereocenters. The number of nitrogens with zero attached hydrogens (tertiary/aromatic N) is 3. The van der Waals surface area contributed by atoms with E-state index in [0.29, 0.717) is 0 Å². The van der Waals surface area contributed by atoms with Crippen molar-refractivity contribution in [1.82, 2.24) is 4.98 Å². The van der Waals surface area contributed by atoms with Gasteiger partial charge in [-0.2, -0.15) is 0 Å². The third-order valence-corrected chi connectivity index (χ3v) is 3.50. The third kappa shape index (κ3) is 2.34. The number of benzene rings is 1. The minimum atomic E-state index is 0.727. The zero-order chi connectivity index (χ0) is 13.2. The molecule has 0 saturated heterocycles. The fraction of sp³-hybridized carbons (Fsp3) is 0.200. The summed E-state index contributed by atoms with van der Waals surface area (Å²) in [5.74, 6) is 0. The molecule has 0 fully saturated rings. The number of benzodiazepines with no additional fused rings is 1. The molecule has 0 saturated carbocycles. The maximum Gasteiger partial charge on any atom is 0.0756 e. The van der Waals surface area contributed by atoms with E-state index in [9.17, 15) is 0 Å². The van der Waals surface area contributed by atoms with Crippen molar-refractivity contribution in [2.24, 2.45) is 4.99 Å². The van der Waals surface area contributed by atoms with Crippen molar-refractivity contribution in [3.63, 3.8) is 0 Å². The predicted molar refractivity (Wildman–Crippen MR) is 79.5 cm³/mol. The summed E-state index contributed by atoms with van der Waals surface area (Å²) in [5, 5.41) is 0.727. The number of pyridine rings is 1. The van der Waals surface area contributed by atoms with Crippen molar-refractivity contribution in [1.29, 1.82) is 0 Å². The Morgan fingerprint density at radius 2 is 2.16 bits per heavy atom. The fourth-order valence-electron chi connectivity index (χ4n) is 2.30. The summed E-state index contributed by atoms with van der Waals surface area (Å²) in [4.78, 5) is 11.1. The summed E-state index contributed by atoms with van der Waals surface area (Å²) < 4.78 is 0. The summed E-state index contributed by atoms with van der Waals surface area (Å²) >= 11 is 6.14. The van der Waals surface area contributed by atoms with Crippen LogP contribution in [-0.2, 0) is 0 Å². The van der Waals surface area contributed by atoms with Crippen molar-refractivity contribution < 1.29 is 0 Å². The minimum Gasteiger partial charge on any atom is -0.372 e. The Morgan fingerprint density at radius 3 is 2.95 bits per heavy atom. The number of fused-ring (bicyclic) bond motifs is 1. The van der Waals surface area contributed by atoms with Gasteiger partial charge in [0.25, 0.3) is 0 Å². The number of aromatic nitrogens is 1. The van der Waals surface area contributed by atoms with Gasteiger partial charge in [0, 0.05) is 47.8 Å². The summed E-state index contributed by atoms with van der Waals surface area (Å²) in [7, 11) is 2.08. The Labute approximate surface area is 117 Å². The number of aliphatic imine (C=N–C) groups is 1. The highest BCUT2D eigenvalue weighted by Crippen LogP contribution is 2.28. The van der Waals surface area contributed by atoms with E-state index in [-0.39, 0.29) is 0 Å². The zero-order valence-corrected chi connectivity index (χ0v) is 11.4.